The zero-order valence-electron chi connectivity index (χ0n) is 38.3. The number of aromatic nitrogens is 2. The molecule has 10 aromatic rings. The molecule has 0 N–H and O–H groups in total. The number of hydrogen-bond acceptors (Lipinski definition) is 2. The summed E-state index contributed by atoms with van der Waals surface area (Å²) >= 11 is 0. The first-order valence-corrected chi connectivity index (χ1v) is 23.6. The van der Waals surface area contributed by atoms with Gasteiger partial charge in [-0.25, -0.2) is 8.78 Å². The number of nitrogens with zero attached hydrogens (tertiary/aromatic N) is 4. The van der Waals surface area contributed by atoms with Crippen LogP contribution in [0.15, 0.2) is 236 Å². The van der Waals surface area contributed by atoms with Crippen LogP contribution in [0.25, 0.3) is 55.7 Å². The fourth-order valence-corrected chi connectivity index (χ4v) is 10.6. The van der Waals surface area contributed by atoms with E-state index in [1.807, 2.05) is 24.3 Å². The van der Waals surface area contributed by atoms with Gasteiger partial charge < -0.3 is 18.9 Å². The Bertz CT molecular complexity index is 3670. The first-order valence-electron chi connectivity index (χ1n) is 23.6. The number of anilines is 4. The van der Waals surface area contributed by atoms with Crippen molar-refractivity contribution in [3.8, 4) is 11.4 Å². The van der Waals surface area contributed by atoms with Crippen molar-refractivity contribution in [3.05, 3.63) is 265 Å². The maximum atomic E-state index is 14.1. The second-order valence-corrected chi connectivity index (χ2v) is 18.3. The fraction of sp³-hybridized carbons (Fsp3) is 0.0794. The van der Waals surface area contributed by atoms with Crippen molar-refractivity contribution in [2.24, 2.45) is 5.92 Å². The predicted octanol–water partition coefficient (Wildman–Crippen LogP) is 16.5. The predicted molar refractivity (Wildman–Crippen MR) is 283 cm³/mol. The van der Waals surface area contributed by atoms with Crippen LogP contribution < -0.4 is 9.80 Å². The van der Waals surface area contributed by atoms with Crippen LogP contribution in [-0.2, 0) is 6.42 Å². The van der Waals surface area contributed by atoms with Crippen LogP contribution in [0.4, 0.5) is 31.5 Å². The molecule has 0 saturated carbocycles. The van der Waals surface area contributed by atoms with E-state index in [-0.39, 0.29) is 17.6 Å². The highest BCUT2D eigenvalue weighted by molar-refractivity contribution is 6.10. The van der Waals surface area contributed by atoms with Gasteiger partial charge in [-0.2, -0.15) is 0 Å². The van der Waals surface area contributed by atoms with Crippen molar-refractivity contribution in [1.29, 1.82) is 0 Å². The lowest BCUT2D eigenvalue weighted by Gasteiger charge is -2.43. The van der Waals surface area contributed by atoms with Gasteiger partial charge in [-0.1, -0.05) is 109 Å². The van der Waals surface area contributed by atoms with E-state index in [2.05, 4.69) is 221 Å². The Hall–Kier alpha value is -8.48. The lowest BCUT2D eigenvalue weighted by molar-refractivity contribution is 0.542. The molecule has 69 heavy (non-hydrogen) atoms. The molecule has 0 spiro atoms. The molecule has 1 unspecified atom stereocenters. The van der Waals surface area contributed by atoms with Gasteiger partial charge in [0.15, 0.2) is 0 Å². The standard InChI is InChI=1S/C63H48F2N4/c1-43(69(52-15-7-4-8-16-52)63(2)40-39-62-58(42-63)56-18-10-12-20-60(56)68(62)51-34-28-47(65)29-35-51)21-37-54(44-22-23-44)45-24-30-49(31-25-45)66(48-13-5-3-6-14-48)53-36-38-61-57(41-53)55-17-9-11-19-59(55)67(61)50-32-26-46(64)27-33-50/h3-41,44H,42H2,1-2H3/b43-21+,54-37+. The van der Waals surface area contributed by atoms with Crippen LogP contribution in [0.3, 0.4) is 0 Å². The molecule has 12 rings (SSSR count). The van der Waals surface area contributed by atoms with Gasteiger partial charge in [0.1, 0.15) is 11.6 Å². The molecule has 8 aromatic carbocycles. The largest absolute Gasteiger partial charge is 0.336 e. The van der Waals surface area contributed by atoms with Crippen LogP contribution in [0.2, 0.25) is 0 Å². The third-order valence-corrected chi connectivity index (χ3v) is 13.8. The summed E-state index contributed by atoms with van der Waals surface area (Å²) in [7, 11) is 0. The number of halogens is 2. The van der Waals surface area contributed by atoms with Crippen LogP contribution in [0.5, 0.6) is 0 Å². The minimum atomic E-state index is -0.403. The van der Waals surface area contributed by atoms with Crippen LogP contribution in [0, 0.1) is 17.6 Å². The van der Waals surface area contributed by atoms with E-state index in [1.165, 1.54) is 40.8 Å². The van der Waals surface area contributed by atoms with E-state index in [0.717, 1.165) is 84.8 Å². The number of hydrogen-bond donors (Lipinski definition) is 0. The smallest absolute Gasteiger partial charge is 0.123 e. The molecule has 0 bridgehead atoms. The molecular weight excluding hydrogens is 851 g/mol. The van der Waals surface area contributed by atoms with Gasteiger partial charge in [0.25, 0.3) is 0 Å². The maximum Gasteiger partial charge on any atom is 0.123 e. The van der Waals surface area contributed by atoms with Gasteiger partial charge in [0, 0.05) is 74.0 Å². The molecule has 2 aromatic heterocycles. The van der Waals surface area contributed by atoms with Crippen molar-refractivity contribution in [3.63, 3.8) is 0 Å². The number of fused-ring (bicyclic) bond motifs is 6. The molecule has 0 fully saturated rings. The summed E-state index contributed by atoms with van der Waals surface area (Å²) in [5.74, 6) is -0.247. The quantitative estimate of drug-likeness (QED) is 0.0950. The van der Waals surface area contributed by atoms with E-state index in [9.17, 15) is 8.78 Å². The molecular formula is C63H48F2N4. The first-order chi connectivity index (χ1) is 33.8. The van der Waals surface area contributed by atoms with Crippen LogP contribution >= 0.6 is 0 Å². The monoisotopic (exact) mass is 898 g/mol. The van der Waals surface area contributed by atoms with Gasteiger partial charge in [-0.3, -0.25) is 0 Å². The summed E-state index contributed by atoms with van der Waals surface area (Å²) in [4.78, 5) is 4.79. The average molecular weight is 899 g/mol. The molecule has 4 nitrogen and oxygen atoms in total. The van der Waals surface area contributed by atoms with Crippen molar-refractivity contribution in [2.45, 2.75) is 25.8 Å². The number of allylic oxidation sites excluding steroid dienone is 6. The Kier molecular flexibility index (Phi) is 10.3. The summed E-state index contributed by atoms with van der Waals surface area (Å²) in [6.07, 6.45) is 14.5. The first kappa shape index (κ1) is 41.9. The Morgan fingerprint density at radius 3 is 1.72 bits per heavy atom. The van der Waals surface area contributed by atoms with E-state index >= 15 is 0 Å². The molecule has 0 saturated heterocycles. The van der Waals surface area contributed by atoms with E-state index in [0.29, 0.717) is 0 Å². The highest BCUT2D eigenvalue weighted by Gasteiger charge is 2.36. The van der Waals surface area contributed by atoms with Gasteiger partial charge >= 0.3 is 0 Å². The van der Waals surface area contributed by atoms with Crippen molar-refractivity contribution >= 4 is 67.1 Å². The molecule has 0 radical (unpaired) electrons. The van der Waals surface area contributed by atoms with Crippen molar-refractivity contribution < 1.29 is 8.78 Å². The SMILES string of the molecule is C/C(=C\C=C(\c1ccc(N(c2ccccc2)c2ccc3c(c2)c2ccccc2n3-c2ccc(F)cc2)cc1)C1C=C1)N(c1ccccc1)C1(C)C=Cc2c(c3ccccc3n2-c2ccc(F)cc2)C1. The lowest BCUT2D eigenvalue weighted by Crippen LogP contribution is -2.47. The molecule has 1 atom stereocenters. The summed E-state index contributed by atoms with van der Waals surface area (Å²) < 4.78 is 32.6. The van der Waals surface area contributed by atoms with Crippen molar-refractivity contribution in [1.82, 2.24) is 9.13 Å². The molecule has 0 amide bonds. The highest BCUT2D eigenvalue weighted by atomic mass is 19.1. The number of rotatable bonds is 11. The Morgan fingerprint density at radius 1 is 0.536 bits per heavy atom. The second kappa shape index (κ2) is 17.0. The third kappa shape index (κ3) is 7.55. The lowest BCUT2D eigenvalue weighted by atomic mass is 9.84. The molecule has 2 aliphatic carbocycles. The highest BCUT2D eigenvalue weighted by Crippen LogP contribution is 2.44. The summed E-state index contributed by atoms with van der Waals surface area (Å²) in [5, 5.41) is 3.46. The maximum absolute atomic E-state index is 14.1. The van der Waals surface area contributed by atoms with Gasteiger partial charge in [0.2, 0.25) is 0 Å². The Balaban J connectivity index is 0.899. The zero-order chi connectivity index (χ0) is 46.6. The van der Waals surface area contributed by atoms with Gasteiger partial charge in [0.05, 0.1) is 22.1 Å². The van der Waals surface area contributed by atoms with E-state index < -0.39 is 5.54 Å². The topological polar surface area (TPSA) is 16.3 Å². The Labute approximate surface area is 400 Å². The zero-order valence-corrected chi connectivity index (χ0v) is 38.3. The van der Waals surface area contributed by atoms with Gasteiger partial charge in [-0.05, 0) is 158 Å². The fourth-order valence-electron chi connectivity index (χ4n) is 10.6. The molecule has 6 heteroatoms. The summed E-state index contributed by atoms with van der Waals surface area (Å²) in [6, 6.07) is 67.2. The average Bonchev–Trinajstić information content (AvgIpc) is 4.11. The molecule has 2 aliphatic rings. The number of para-hydroxylation sites is 4. The Morgan fingerprint density at radius 2 is 1.07 bits per heavy atom. The van der Waals surface area contributed by atoms with Crippen LogP contribution in [0.1, 0.15) is 30.7 Å². The summed E-state index contributed by atoms with van der Waals surface area (Å²) in [6.45, 7) is 4.54. The number of benzene rings is 8. The third-order valence-electron chi connectivity index (χ3n) is 13.8. The second-order valence-electron chi connectivity index (χ2n) is 18.3. The summed E-state index contributed by atoms with van der Waals surface area (Å²) in [5.41, 5.74) is 14.9. The molecule has 2 heterocycles. The van der Waals surface area contributed by atoms with Crippen molar-refractivity contribution in [2.75, 3.05) is 9.80 Å². The molecule has 0 aliphatic heterocycles. The minimum absolute atomic E-state index is 0.245. The normalized spacial score (nSPS) is 15.8. The van der Waals surface area contributed by atoms with E-state index in [1.54, 1.807) is 0 Å². The minimum Gasteiger partial charge on any atom is -0.336 e. The van der Waals surface area contributed by atoms with Crippen LogP contribution in [-0.4, -0.2) is 14.7 Å². The van der Waals surface area contributed by atoms with E-state index in [4.69, 9.17) is 0 Å². The van der Waals surface area contributed by atoms with Gasteiger partial charge in [-0.15, -0.1) is 0 Å². The molecule has 334 valence electrons.